The zero-order valence-electron chi connectivity index (χ0n) is 15.1. The van der Waals surface area contributed by atoms with Crippen LogP contribution in [0.25, 0.3) is 33.8 Å². The molecule has 0 N–H and O–H groups in total. The first-order chi connectivity index (χ1) is 13.7. The van der Waals surface area contributed by atoms with Gasteiger partial charge in [-0.2, -0.15) is 0 Å². The van der Waals surface area contributed by atoms with E-state index in [1.807, 2.05) is 36.4 Å². The fraction of sp³-hybridized carbons (Fsp3) is 0.0952. The molecular weight excluding hydrogens is 356 g/mol. The molecule has 4 aromatic rings. The molecule has 0 radical (unpaired) electrons. The van der Waals surface area contributed by atoms with Gasteiger partial charge >= 0.3 is 5.97 Å². The molecular formula is C21H16N4O3. The number of benzene rings is 1. The lowest BCUT2D eigenvalue weighted by molar-refractivity contribution is -0.141. The van der Waals surface area contributed by atoms with Crippen molar-refractivity contribution in [2.45, 2.75) is 6.54 Å². The second-order valence-corrected chi connectivity index (χ2v) is 6.05. The zero-order chi connectivity index (χ0) is 19.5. The predicted molar refractivity (Wildman–Crippen MR) is 104 cm³/mol. The number of aromatic nitrogens is 4. The second-order valence-electron chi connectivity index (χ2n) is 6.05. The summed E-state index contributed by atoms with van der Waals surface area (Å²) in [5, 5.41) is 0. The number of esters is 1. The van der Waals surface area contributed by atoms with Crippen LogP contribution >= 0.6 is 0 Å². The molecule has 0 aliphatic heterocycles. The number of methoxy groups -OCH3 is 1. The lowest BCUT2D eigenvalue weighted by atomic mass is 10.1. The molecule has 0 saturated carbocycles. The SMILES string of the molecule is COC(=O)Cn1c(-c2ccccn2)nc2ccc(-c3ccccc3)nc2c1=O. The van der Waals surface area contributed by atoms with Crippen LogP contribution in [0, 0.1) is 0 Å². The number of hydrogen-bond acceptors (Lipinski definition) is 6. The van der Waals surface area contributed by atoms with E-state index in [1.54, 1.807) is 30.5 Å². The maximum atomic E-state index is 13.2. The standard InChI is InChI=1S/C21H16N4O3/c1-28-18(26)13-25-20(17-9-5-6-12-22-17)24-16-11-10-15(23-19(16)21(25)27)14-7-3-2-4-8-14/h2-12H,13H2,1H3. The smallest absolute Gasteiger partial charge is 0.325 e. The number of carbonyl (C=O) groups is 1. The monoisotopic (exact) mass is 372 g/mol. The summed E-state index contributed by atoms with van der Waals surface area (Å²) in [4.78, 5) is 38.4. The molecule has 0 saturated heterocycles. The third kappa shape index (κ3) is 3.25. The highest BCUT2D eigenvalue weighted by Crippen LogP contribution is 2.21. The number of rotatable bonds is 4. The average molecular weight is 372 g/mol. The first kappa shape index (κ1) is 17.5. The van der Waals surface area contributed by atoms with Crippen molar-refractivity contribution < 1.29 is 9.53 Å². The van der Waals surface area contributed by atoms with E-state index in [1.165, 1.54) is 11.7 Å². The number of ether oxygens (including phenoxy) is 1. The van der Waals surface area contributed by atoms with Crippen LogP contribution in [0.4, 0.5) is 0 Å². The van der Waals surface area contributed by atoms with Gasteiger partial charge in [-0.05, 0) is 24.3 Å². The molecule has 138 valence electrons. The molecule has 0 amide bonds. The van der Waals surface area contributed by atoms with Crippen LogP contribution < -0.4 is 5.56 Å². The summed E-state index contributed by atoms with van der Waals surface area (Å²) in [7, 11) is 1.27. The van der Waals surface area contributed by atoms with Crippen molar-refractivity contribution in [1.82, 2.24) is 19.5 Å². The molecule has 0 atom stereocenters. The third-order valence-corrected chi connectivity index (χ3v) is 4.28. The van der Waals surface area contributed by atoms with Gasteiger partial charge in [-0.1, -0.05) is 36.4 Å². The Bertz CT molecular complexity index is 1200. The van der Waals surface area contributed by atoms with E-state index in [4.69, 9.17) is 4.74 Å². The van der Waals surface area contributed by atoms with Crippen LogP contribution in [0.1, 0.15) is 0 Å². The van der Waals surface area contributed by atoms with Crippen molar-refractivity contribution in [3.05, 3.63) is 77.2 Å². The number of carbonyl (C=O) groups excluding carboxylic acids is 1. The Kier molecular flexibility index (Phi) is 4.63. The Labute approximate surface area is 160 Å². The van der Waals surface area contributed by atoms with Crippen LogP contribution in [-0.2, 0) is 16.1 Å². The number of pyridine rings is 2. The van der Waals surface area contributed by atoms with Crippen molar-refractivity contribution in [3.8, 4) is 22.8 Å². The van der Waals surface area contributed by atoms with Crippen molar-refractivity contribution in [2.24, 2.45) is 0 Å². The van der Waals surface area contributed by atoms with Crippen molar-refractivity contribution in [2.75, 3.05) is 7.11 Å². The summed E-state index contributed by atoms with van der Waals surface area (Å²) in [6.07, 6.45) is 1.60. The van der Waals surface area contributed by atoms with Gasteiger partial charge < -0.3 is 4.74 Å². The Morgan fingerprint density at radius 3 is 2.46 bits per heavy atom. The predicted octanol–water partition coefficient (Wildman–Crippen LogP) is 2.69. The minimum absolute atomic E-state index is 0.185. The second kappa shape index (κ2) is 7.40. The van der Waals surface area contributed by atoms with Gasteiger partial charge in [-0.3, -0.25) is 19.1 Å². The first-order valence-corrected chi connectivity index (χ1v) is 8.62. The molecule has 0 spiro atoms. The Hall–Kier alpha value is -3.87. The summed E-state index contributed by atoms with van der Waals surface area (Å²) in [5.41, 5.74) is 2.22. The molecule has 4 rings (SSSR count). The van der Waals surface area contributed by atoms with Crippen LogP contribution in [0.5, 0.6) is 0 Å². The molecule has 7 heteroatoms. The topological polar surface area (TPSA) is 87.0 Å². The minimum atomic E-state index is -0.556. The highest BCUT2D eigenvalue weighted by molar-refractivity contribution is 5.80. The summed E-state index contributed by atoms with van der Waals surface area (Å²) in [6.45, 7) is -0.276. The largest absolute Gasteiger partial charge is 0.468 e. The van der Waals surface area contributed by atoms with Crippen LogP contribution in [0.2, 0.25) is 0 Å². The van der Waals surface area contributed by atoms with Gasteiger partial charge in [0.1, 0.15) is 12.2 Å². The molecule has 28 heavy (non-hydrogen) atoms. The molecule has 0 bridgehead atoms. The van der Waals surface area contributed by atoms with Gasteiger partial charge in [-0.15, -0.1) is 0 Å². The average Bonchev–Trinajstić information content (AvgIpc) is 2.76. The minimum Gasteiger partial charge on any atom is -0.468 e. The normalized spacial score (nSPS) is 10.8. The molecule has 0 unspecified atom stereocenters. The van der Waals surface area contributed by atoms with Crippen LogP contribution in [-0.4, -0.2) is 32.6 Å². The fourth-order valence-corrected chi connectivity index (χ4v) is 2.90. The van der Waals surface area contributed by atoms with E-state index < -0.39 is 11.5 Å². The van der Waals surface area contributed by atoms with E-state index >= 15 is 0 Å². The highest BCUT2D eigenvalue weighted by Gasteiger charge is 2.18. The van der Waals surface area contributed by atoms with Crippen molar-refractivity contribution in [3.63, 3.8) is 0 Å². The van der Waals surface area contributed by atoms with Crippen molar-refractivity contribution in [1.29, 1.82) is 0 Å². The molecule has 0 fully saturated rings. The molecule has 0 aliphatic rings. The molecule has 1 aromatic carbocycles. The molecule has 7 nitrogen and oxygen atoms in total. The Morgan fingerprint density at radius 2 is 1.75 bits per heavy atom. The zero-order valence-corrected chi connectivity index (χ0v) is 15.1. The van der Waals surface area contributed by atoms with Crippen LogP contribution in [0.3, 0.4) is 0 Å². The van der Waals surface area contributed by atoms with E-state index in [-0.39, 0.29) is 17.9 Å². The number of fused-ring (bicyclic) bond motifs is 1. The fourth-order valence-electron chi connectivity index (χ4n) is 2.90. The summed E-state index contributed by atoms with van der Waals surface area (Å²) >= 11 is 0. The molecule has 3 aromatic heterocycles. The lowest BCUT2D eigenvalue weighted by Crippen LogP contribution is -2.28. The Balaban J connectivity index is 1.96. The van der Waals surface area contributed by atoms with E-state index in [2.05, 4.69) is 15.0 Å². The summed E-state index contributed by atoms with van der Waals surface area (Å²) < 4.78 is 5.99. The maximum absolute atomic E-state index is 13.2. The molecule has 3 heterocycles. The molecule has 0 aliphatic carbocycles. The van der Waals surface area contributed by atoms with Gasteiger partial charge in [0.15, 0.2) is 11.3 Å². The Morgan fingerprint density at radius 1 is 0.964 bits per heavy atom. The van der Waals surface area contributed by atoms with Gasteiger partial charge in [0.25, 0.3) is 5.56 Å². The van der Waals surface area contributed by atoms with Crippen molar-refractivity contribution >= 4 is 17.0 Å². The van der Waals surface area contributed by atoms with Gasteiger partial charge in [0, 0.05) is 11.8 Å². The number of nitrogens with zero attached hydrogens (tertiary/aromatic N) is 4. The lowest BCUT2D eigenvalue weighted by Gasteiger charge is -2.12. The summed E-state index contributed by atoms with van der Waals surface area (Å²) in [5.74, 6) is -0.266. The van der Waals surface area contributed by atoms with Gasteiger partial charge in [0.05, 0.1) is 18.3 Å². The van der Waals surface area contributed by atoms with Gasteiger partial charge in [0.2, 0.25) is 0 Å². The van der Waals surface area contributed by atoms with E-state index in [0.717, 1.165) is 5.56 Å². The highest BCUT2D eigenvalue weighted by atomic mass is 16.5. The first-order valence-electron chi connectivity index (χ1n) is 8.62. The third-order valence-electron chi connectivity index (χ3n) is 4.28. The maximum Gasteiger partial charge on any atom is 0.325 e. The quantitative estimate of drug-likeness (QED) is 0.512. The number of hydrogen-bond donors (Lipinski definition) is 0. The van der Waals surface area contributed by atoms with Gasteiger partial charge in [-0.25, -0.2) is 9.97 Å². The summed E-state index contributed by atoms with van der Waals surface area (Å²) in [6, 6.07) is 18.4. The van der Waals surface area contributed by atoms with E-state index in [9.17, 15) is 9.59 Å². The van der Waals surface area contributed by atoms with Crippen LogP contribution in [0.15, 0.2) is 71.7 Å². The van der Waals surface area contributed by atoms with E-state index in [0.29, 0.717) is 16.9 Å².